The fourth-order valence-corrected chi connectivity index (χ4v) is 4.28. The van der Waals surface area contributed by atoms with Crippen LogP contribution in [0.1, 0.15) is 18.4 Å². The molecule has 2 N–H and O–H groups in total. The SMILES string of the molecule is CN(Cc1c(F)cccc1Cl)S(=O)(=O)N1CCCC(CN)C1.Cl. The van der Waals surface area contributed by atoms with Crippen LogP contribution in [0.5, 0.6) is 0 Å². The number of benzene rings is 1. The summed E-state index contributed by atoms with van der Waals surface area (Å²) in [5.74, 6) is -0.331. The number of nitrogens with two attached hydrogens (primary N) is 1. The van der Waals surface area contributed by atoms with Crippen LogP contribution in [0.25, 0.3) is 0 Å². The van der Waals surface area contributed by atoms with Crippen LogP contribution in [-0.2, 0) is 16.8 Å². The van der Waals surface area contributed by atoms with Crippen molar-refractivity contribution in [2.75, 3.05) is 26.7 Å². The molecule has 132 valence electrons. The van der Waals surface area contributed by atoms with Gasteiger partial charge in [0, 0.05) is 37.3 Å². The van der Waals surface area contributed by atoms with Gasteiger partial charge in [-0.1, -0.05) is 17.7 Å². The van der Waals surface area contributed by atoms with Crippen LogP contribution < -0.4 is 5.73 Å². The van der Waals surface area contributed by atoms with Crippen molar-refractivity contribution in [2.24, 2.45) is 11.7 Å². The molecule has 2 rings (SSSR count). The molecule has 1 atom stereocenters. The number of nitrogens with zero attached hydrogens (tertiary/aromatic N) is 2. The lowest BCUT2D eigenvalue weighted by molar-refractivity contribution is 0.254. The quantitative estimate of drug-likeness (QED) is 0.844. The highest BCUT2D eigenvalue weighted by Gasteiger charge is 2.32. The van der Waals surface area contributed by atoms with Crippen LogP contribution in [-0.4, -0.2) is 43.7 Å². The van der Waals surface area contributed by atoms with Crippen molar-refractivity contribution in [3.8, 4) is 0 Å². The fourth-order valence-electron chi connectivity index (χ4n) is 2.61. The van der Waals surface area contributed by atoms with Crippen LogP contribution >= 0.6 is 24.0 Å². The molecular weight excluding hydrogens is 364 g/mol. The van der Waals surface area contributed by atoms with Gasteiger partial charge in [0.25, 0.3) is 10.2 Å². The molecule has 1 fully saturated rings. The van der Waals surface area contributed by atoms with Gasteiger partial charge in [0.1, 0.15) is 5.82 Å². The molecule has 1 saturated heterocycles. The van der Waals surface area contributed by atoms with Crippen molar-refractivity contribution in [3.63, 3.8) is 0 Å². The van der Waals surface area contributed by atoms with E-state index in [4.69, 9.17) is 17.3 Å². The zero-order valence-electron chi connectivity index (χ0n) is 12.9. The minimum absolute atomic E-state index is 0. The topological polar surface area (TPSA) is 66.6 Å². The minimum Gasteiger partial charge on any atom is -0.330 e. The molecule has 0 amide bonds. The van der Waals surface area contributed by atoms with Crippen molar-refractivity contribution in [3.05, 3.63) is 34.6 Å². The van der Waals surface area contributed by atoms with Crippen LogP contribution in [0.4, 0.5) is 4.39 Å². The molecule has 1 heterocycles. The Kier molecular flexibility index (Phi) is 7.70. The Balaban J connectivity index is 0.00000264. The third-order valence-corrected chi connectivity index (χ3v) is 6.23. The van der Waals surface area contributed by atoms with Crippen molar-refractivity contribution in [2.45, 2.75) is 19.4 Å². The van der Waals surface area contributed by atoms with E-state index >= 15 is 0 Å². The first-order valence-corrected chi connectivity index (χ1v) is 8.98. The van der Waals surface area contributed by atoms with Gasteiger partial charge in [-0.25, -0.2) is 4.39 Å². The highest BCUT2D eigenvalue weighted by Crippen LogP contribution is 2.24. The molecule has 1 aliphatic heterocycles. The molecule has 0 aromatic heterocycles. The predicted octanol–water partition coefficient (Wildman–Crippen LogP) is 2.25. The van der Waals surface area contributed by atoms with E-state index in [-0.39, 0.29) is 35.5 Å². The van der Waals surface area contributed by atoms with E-state index in [1.807, 2.05) is 0 Å². The molecule has 0 saturated carbocycles. The zero-order chi connectivity index (χ0) is 16.3. The maximum Gasteiger partial charge on any atom is 0.282 e. The van der Waals surface area contributed by atoms with Crippen LogP contribution in [0.15, 0.2) is 18.2 Å². The average molecular weight is 386 g/mol. The molecule has 5 nitrogen and oxygen atoms in total. The standard InChI is InChI=1S/C14H21ClFN3O2S.ClH/c1-18(10-12-13(15)5-2-6-14(12)16)22(20,21)19-7-3-4-11(8-17)9-19;/h2,5-6,11H,3-4,7-10,17H2,1H3;1H. The first-order valence-electron chi connectivity index (χ1n) is 7.20. The second kappa shape index (κ2) is 8.60. The summed E-state index contributed by atoms with van der Waals surface area (Å²) < 4.78 is 41.6. The number of hydrogen-bond acceptors (Lipinski definition) is 3. The number of halogens is 3. The van der Waals surface area contributed by atoms with Gasteiger partial charge < -0.3 is 5.73 Å². The third kappa shape index (κ3) is 4.78. The summed E-state index contributed by atoms with van der Waals surface area (Å²) in [6.07, 6.45) is 1.72. The van der Waals surface area contributed by atoms with Gasteiger partial charge in [-0.15, -0.1) is 12.4 Å². The van der Waals surface area contributed by atoms with E-state index < -0.39 is 16.0 Å². The summed E-state index contributed by atoms with van der Waals surface area (Å²) in [6, 6.07) is 4.31. The second-order valence-electron chi connectivity index (χ2n) is 5.57. The largest absolute Gasteiger partial charge is 0.330 e. The smallest absolute Gasteiger partial charge is 0.282 e. The van der Waals surface area contributed by atoms with Gasteiger partial charge in [-0.05, 0) is 37.4 Å². The van der Waals surface area contributed by atoms with Gasteiger partial charge in [0.05, 0.1) is 0 Å². The molecule has 1 aliphatic rings. The zero-order valence-corrected chi connectivity index (χ0v) is 15.3. The predicted molar refractivity (Wildman–Crippen MR) is 92.4 cm³/mol. The van der Waals surface area contributed by atoms with Crippen molar-refractivity contribution >= 4 is 34.2 Å². The van der Waals surface area contributed by atoms with E-state index in [2.05, 4.69) is 0 Å². The maximum atomic E-state index is 13.8. The molecule has 1 aromatic carbocycles. The average Bonchev–Trinajstić information content (AvgIpc) is 2.50. The van der Waals surface area contributed by atoms with E-state index in [0.717, 1.165) is 17.1 Å². The van der Waals surface area contributed by atoms with E-state index in [9.17, 15) is 12.8 Å². The summed E-state index contributed by atoms with van der Waals surface area (Å²) in [5.41, 5.74) is 5.83. The fraction of sp³-hybridized carbons (Fsp3) is 0.571. The Morgan fingerprint density at radius 1 is 1.48 bits per heavy atom. The Morgan fingerprint density at radius 2 is 2.17 bits per heavy atom. The van der Waals surface area contributed by atoms with Crippen LogP contribution in [0.2, 0.25) is 5.02 Å². The van der Waals surface area contributed by atoms with E-state index in [1.54, 1.807) is 6.07 Å². The lowest BCUT2D eigenvalue weighted by Gasteiger charge is -2.34. The highest BCUT2D eigenvalue weighted by molar-refractivity contribution is 7.86. The molecule has 9 heteroatoms. The van der Waals surface area contributed by atoms with Gasteiger partial charge >= 0.3 is 0 Å². The first kappa shape index (κ1) is 20.6. The van der Waals surface area contributed by atoms with E-state index in [1.165, 1.54) is 23.5 Å². The number of hydrogen-bond donors (Lipinski definition) is 1. The Hall–Kier alpha value is -0.440. The molecule has 1 aromatic rings. The maximum absolute atomic E-state index is 13.8. The molecule has 1 unspecified atom stereocenters. The molecule has 23 heavy (non-hydrogen) atoms. The molecule has 0 aliphatic carbocycles. The monoisotopic (exact) mass is 385 g/mol. The van der Waals surface area contributed by atoms with Gasteiger partial charge in [0.2, 0.25) is 0 Å². The molecule has 0 radical (unpaired) electrons. The second-order valence-corrected chi connectivity index (χ2v) is 8.01. The van der Waals surface area contributed by atoms with Crippen molar-refractivity contribution in [1.29, 1.82) is 0 Å². The highest BCUT2D eigenvalue weighted by atomic mass is 35.5. The minimum atomic E-state index is -3.65. The summed E-state index contributed by atoms with van der Waals surface area (Å²) in [5, 5.41) is 0.223. The lowest BCUT2D eigenvalue weighted by Crippen LogP contribution is -2.47. The lowest BCUT2D eigenvalue weighted by atomic mass is 10.0. The summed E-state index contributed by atoms with van der Waals surface area (Å²) in [4.78, 5) is 0. The molecular formula is C14H22Cl2FN3O2S. The van der Waals surface area contributed by atoms with Crippen LogP contribution in [0, 0.1) is 11.7 Å². The normalized spacial score (nSPS) is 19.6. The van der Waals surface area contributed by atoms with Crippen molar-refractivity contribution < 1.29 is 12.8 Å². The number of piperidine rings is 1. The number of rotatable bonds is 5. The summed E-state index contributed by atoms with van der Waals surface area (Å²) >= 11 is 5.96. The van der Waals surface area contributed by atoms with E-state index in [0.29, 0.717) is 19.6 Å². The van der Waals surface area contributed by atoms with Crippen LogP contribution in [0.3, 0.4) is 0 Å². The van der Waals surface area contributed by atoms with Gasteiger partial charge in [-0.3, -0.25) is 0 Å². The first-order chi connectivity index (χ1) is 10.4. The molecule has 0 bridgehead atoms. The van der Waals surface area contributed by atoms with Gasteiger partial charge in [-0.2, -0.15) is 17.0 Å². The Morgan fingerprint density at radius 3 is 2.78 bits per heavy atom. The Bertz CT molecular complexity index is 610. The third-order valence-electron chi connectivity index (χ3n) is 3.98. The van der Waals surface area contributed by atoms with Crippen molar-refractivity contribution in [1.82, 2.24) is 8.61 Å². The summed E-state index contributed by atoms with van der Waals surface area (Å²) in [6.45, 7) is 1.24. The molecule has 0 spiro atoms. The Labute approximate surface area is 148 Å². The summed E-state index contributed by atoms with van der Waals surface area (Å²) in [7, 11) is -2.22. The van der Waals surface area contributed by atoms with Gasteiger partial charge in [0.15, 0.2) is 0 Å².